The molecule has 1 aromatic rings. The first-order valence-corrected chi connectivity index (χ1v) is 5.65. The molecule has 1 rings (SSSR count). The van der Waals surface area contributed by atoms with Crippen molar-refractivity contribution in [2.75, 3.05) is 19.6 Å². The molecule has 0 aliphatic heterocycles. The van der Waals surface area contributed by atoms with E-state index in [-0.39, 0.29) is 12.3 Å². The third-order valence-corrected chi connectivity index (χ3v) is 2.53. The summed E-state index contributed by atoms with van der Waals surface area (Å²) in [4.78, 5) is 34.4. The van der Waals surface area contributed by atoms with Crippen molar-refractivity contribution in [1.82, 2.24) is 4.90 Å². The summed E-state index contributed by atoms with van der Waals surface area (Å²) < 4.78 is 0. The number of benzene rings is 1. The van der Waals surface area contributed by atoms with Gasteiger partial charge < -0.3 is 10.2 Å². The Morgan fingerprint density at radius 3 is 2.00 bits per heavy atom. The van der Waals surface area contributed by atoms with Crippen LogP contribution in [0.25, 0.3) is 0 Å². The van der Waals surface area contributed by atoms with Crippen LogP contribution in [0.1, 0.15) is 15.9 Å². The summed E-state index contributed by atoms with van der Waals surface area (Å²) in [5.41, 5.74) is 1.25. The van der Waals surface area contributed by atoms with Gasteiger partial charge in [-0.25, -0.2) is 0 Å². The number of carbonyl (C=O) groups excluding carboxylic acids is 1. The van der Waals surface area contributed by atoms with Gasteiger partial charge in [-0.2, -0.15) is 0 Å². The van der Waals surface area contributed by atoms with Gasteiger partial charge in [-0.3, -0.25) is 19.3 Å². The Bertz CT molecular complexity index is 482. The highest BCUT2D eigenvalue weighted by Gasteiger charge is 2.18. The second kappa shape index (κ2) is 6.65. The van der Waals surface area contributed by atoms with Crippen molar-refractivity contribution in [2.45, 2.75) is 6.92 Å². The lowest BCUT2D eigenvalue weighted by atomic mass is 10.0. The highest BCUT2D eigenvalue weighted by molar-refractivity contribution is 5.99. The van der Waals surface area contributed by atoms with Gasteiger partial charge in [-0.05, 0) is 12.5 Å². The standard InChI is InChI=1S/C13H15NO5/c1-9-4-2-3-5-10(9)11(15)6-14(7-12(16)17)8-13(18)19/h2-5H,6-8H2,1H3,(H,16,17)(H,18,19). The summed E-state index contributed by atoms with van der Waals surface area (Å²) >= 11 is 0. The van der Waals surface area contributed by atoms with Crippen LogP contribution in [0, 0.1) is 6.92 Å². The molecule has 0 spiro atoms. The maximum atomic E-state index is 12.0. The van der Waals surface area contributed by atoms with E-state index in [0.717, 1.165) is 10.5 Å². The van der Waals surface area contributed by atoms with Crippen molar-refractivity contribution in [2.24, 2.45) is 0 Å². The van der Waals surface area contributed by atoms with E-state index in [2.05, 4.69) is 0 Å². The fraction of sp³-hybridized carbons (Fsp3) is 0.308. The lowest BCUT2D eigenvalue weighted by Crippen LogP contribution is -2.38. The number of hydrogen-bond donors (Lipinski definition) is 2. The number of aliphatic carboxylic acids is 2. The van der Waals surface area contributed by atoms with Crippen molar-refractivity contribution in [3.05, 3.63) is 35.4 Å². The summed E-state index contributed by atoms with van der Waals surface area (Å²) in [6, 6.07) is 6.90. The summed E-state index contributed by atoms with van der Waals surface area (Å²) in [5, 5.41) is 17.4. The number of carbonyl (C=O) groups is 3. The molecule has 6 nitrogen and oxygen atoms in total. The zero-order valence-electron chi connectivity index (χ0n) is 10.5. The first-order chi connectivity index (χ1) is 8.90. The van der Waals surface area contributed by atoms with E-state index in [0.29, 0.717) is 5.56 Å². The Morgan fingerprint density at radius 1 is 1.00 bits per heavy atom. The first-order valence-electron chi connectivity index (χ1n) is 5.65. The Labute approximate surface area is 110 Å². The molecule has 0 aliphatic rings. The molecule has 0 unspecified atom stereocenters. The van der Waals surface area contributed by atoms with Crippen molar-refractivity contribution < 1.29 is 24.6 Å². The number of ketones is 1. The zero-order valence-corrected chi connectivity index (χ0v) is 10.5. The highest BCUT2D eigenvalue weighted by Crippen LogP contribution is 2.08. The average molecular weight is 265 g/mol. The van der Waals surface area contributed by atoms with Crippen LogP contribution in [0.5, 0.6) is 0 Å². The van der Waals surface area contributed by atoms with E-state index >= 15 is 0 Å². The third kappa shape index (κ3) is 4.89. The third-order valence-electron chi connectivity index (χ3n) is 2.53. The van der Waals surface area contributed by atoms with Gasteiger partial charge in [0.2, 0.25) is 0 Å². The topological polar surface area (TPSA) is 94.9 Å². The fourth-order valence-electron chi connectivity index (χ4n) is 1.72. The Balaban J connectivity index is 2.78. The smallest absolute Gasteiger partial charge is 0.317 e. The molecule has 2 N–H and O–H groups in total. The van der Waals surface area contributed by atoms with Crippen LogP contribution < -0.4 is 0 Å². The molecule has 19 heavy (non-hydrogen) atoms. The normalized spacial score (nSPS) is 10.4. The van der Waals surface area contributed by atoms with Gasteiger partial charge in [0.15, 0.2) is 5.78 Å². The molecule has 1 aromatic carbocycles. The summed E-state index contributed by atoms with van der Waals surface area (Å²) in [7, 11) is 0. The summed E-state index contributed by atoms with van der Waals surface area (Å²) in [6.07, 6.45) is 0. The van der Waals surface area contributed by atoms with Crippen LogP contribution >= 0.6 is 0 Å². The van der Waals surface area contributed by atoms with Gasteiger partial charge in [0.05, 0.1) is 19.6 Å². The van der Waals surface area contributed by atoms with Crippen molar-refractivity contribution in [3.8, 4) is 0 Å². The van der Waals surface area contributed by atoms with Gasteiger partial charge in [-0.15, -0.1) is 0 Å². The molecule has 0 bridgehead atoms. The number of rotatable bonds is 7. The molecule has 0 amide bonds. The second-order valence-electron chi connectivity index (χ2n) is 4.17. The summed E-state index contributed by atoms with van der Waals surface area (Å²) in [6.45, 7) is 0.573. The number of carboxylic acid groups (broad SMARTS) is 2. The maximum Gasteiger partial charge on any atom is 0.317 e. The monoisotopic (exact) mass is 265 g/mol. The Hall–Kier alpha value is -2.21. The quantitative estimate of drug-likeness (QED) is 0.703. The van der Waals surface area contributed by atoms with Gasteiger partial charge in [0, 0.05) is 5.56 Å². The minimum Gasteiger partial charge on any atom is -0.480 e. The SMILES string of the molecule is Cc1ccccc1C(=O)CN(CC(=O)O)CC(=O)O. The van der Waals surface area contributed by atoms with E-state index in [1.54, 1.807) is 31.2 Å². The minimum absolute atomic E-state index is 0.233. The molecule has 102 valence electrons. The van der Waals surface area contributed by atoms with Gasteiger partial charge in [0.1, 0.15) is 0 Å². The first kappa shape index (κ1) is 14.8. The predicted octanol–water partition coefficient (Wildman–Crippen LogP) is 0.649. The fourth-order valence-corrected chi connectivity index (χ4v) is 1.72. The van der Waals surface area contributed by atoms with Crippen LogP contribution in [-0.4, -0.2) is 52.5 Å². The Morgan fingerprint density at radius 2 is 1.53 bits per heavy atom. The van der Waals surface area contributed by atoms with Crippen LogP contribution in [0.3, 0.4) is 0 Å². The highest BCUT2D eigenvalue weighted by atomic mass is 16.4. The molecular weight excluding hydrogens is 250 g/mol. The maximum absolute atomic E-state index is 12.0. The van der Waals surface area contributed by atoms with Gasteiger partial charge >= 0.3 is 11.9 Å². The average Bonchev–Trinajstić information content (AvgIpc) is 2.27. The molecule has 6 heteroatoms. The van der Waals surface area contributed by atoms with Crippen LogP contribution in [0.4, 0.5) is 0 Å². The Kier molecular flexibility index (Phi) is 5.20. The molecule has 0 saturated heterocycles. The molecule has 0 radical (unpaired) electrons. The van der Waals surface area contributed by atoms with Crippen LogP contribution in [-0.2, 0) is 9.59 Å². The molecular formula is C13H15NO5. The van der Waals surface area contributed by atoms with E-state index in [9.17, 15) is 14.4 Å². The predicted molar refractivity (Wildman–Crippen MR) is 67.2 cm³/mol. The van der Waals surface area contributed by atoms with Crippen molar-refractivity contribution in [1.29, 1.82) is 0 Å². The molecule has 0 aliphatic carbocycles. The number of aryl methyl sites for hydroxylation is 1. The molecule has 0 fully saturated rings. The minimum atomic E-state index is -1.17. The number of carboxylic acids is 2. The second-order valence-corrected chi connectivity index (χ2v) is 4.17. The van der Waals surface area contributed by atoms with Gasteiger partial charge in [0.25, 0.3) is 0 Å². The van der Waals surface area contributed by atoms with E-state index in [1.165, 1.54) is 0 Å². The van der Waals surface area contributed by atoms with E-state index < -0.39 is 25.0 Å². The number of nitrogens with zero attached hydrogens (tertiary/aromatic N) is 1. The van der Waals surface area contributed by atoms with Crippen LogP contribution in [0.2, 0.25) is 0 Å². The van der Waals surface area contributed by atoms with E-state index in [1.807, 2.05) is 0 Å². The molecule has 0 saturated carbocycles. The lowest BCUT2D eigenvalue weighted by Gasteiger charge is -2.17. The molecule has 0 aromatic heterocycles. The van der Waals surface area contributed by atoms with Crippen molar-refractivity contribution in [3.63, 3.8) is 0 Å². The number of hydrogen-bond acceptors (Lipinski definition) is 4. The molecule has 0 heterocycles. The zero-order chi connectivity index (χ0) is 14.4. The molecule has 0 atom stereocenters. The lowest BCUT2D eigenvalue weighted by molar-refractivity contribution is -0.141. The number of Topliss-reactive ketones (excluding diaryl/α,β-unsaturated/α-hetero) is 1. The van der Waals surface area contributed by atoms with Crippen LogP contribution in [0.15, 0.2) is 24.3 Å². The van der Waals surface area contributed by atoms with E-state index in [4.69, 9.17) is 10.2 Å². The summed E-state index contributed by atoms with van der Waals surface area (Å²) in [5.74, 6) is -2.63. The van der Waals surface area contributed by atoms with Crippen molar-refractivity contribution >= 4 is 17.7 Å². The van der Waals surface area contributed by atoms with Gasteiger partial charge in [-0.1, -0.05) is 24.3 Å². The largest absolute Gasteiger partial charge is 0.480 e.